The van der Waals surface area contributed by atoms with E-state index in [9.17, 15) is 12.8 Å². The normalized spacial score (nSPS) is 11.1. The fourth-order valence-electron chi connectivity index (χ4n) is 2.55. The highest BCUT2D eigenvalue weighted by atomic mass is 35.5. The molecule has 11 heteroatoms. The summed E-state index contributed by atoms with van der Waals surface area (Å²) < 4.78 is 41.1. The van der Waals surface area contributed by atoms with Crippen molar-refractivity contribution >= 4 is 56.1 Å². The van der Waals surface area contributed by atoms with Crippen LogP contribution in [0.1, 0.15) is 11.5 Å². The topological polar surface area (TPSA) is 96.0 Å². The van der Waals surface area contributed by atoms with Crippen LogP contribution in [-0.4, -0.2) is 23.5 Å². The van der Waals surface area contributed by atoms with Gasteiger partial charge in [0, 0.05) is 23.1 Å². The molecule has 1 aromatic heterocycles. The predicted molar refractivity (Wildman–Crippen MR) is 120 cm³/mol. The van der Waals surface area contributed by atoms with E-state index in [1.165, 1.54) is 24.3 Å². The van der Waals surface area contributed by atoms with Crippen LogP contribution in [0.2, 0.25) is 5.02 Å². The second kappa shape index (κ2) is 8.90. The van der Waals surface area contributed by atoms with E-state index in [0.29, 0.717) is 22.9 Å². The van der Waals surface area contributed by atoms with Gasteiger partial charge in [0.1, 0.15) is 17.5 Å². The molecule has 0 atom stereocenters. The highest BCUT2D eigenvalue weighted by Gasteiger charge is 2.15. The molecule has 0 radical (unpaired) electrons. The summed E-state index contributed by atoms with van der Waals surface area (Å²) in [7, 11) is -3.82. The molecule has 1 heterocycles. The molecule has 156 valence electrons. The largest absolute Gasteiger partial charge is 0.332 e. The minimum atomic E-state index is -3.82. The van der Waals surface area contributed by atoms with Crippen LogP contribution in [0.3, 0.4) is 0 Å². The molecule has 3 aromatic rings. The number of anilines is 3. The zero-order valence-corrected chi connectivity index (χ0v) is 18.3. The fourth-order valence-corrected chi connectivity index (χ4v) is 3.90. The first-order chi connectivity index (χ1) is 14.1. The number of halogens is 2. The fraction of sp³-hybridized carbons (Fsp3) is 0.105. The summed E-state index contributed by atoms with van der Waals surface area (Å²) in [5.41, 5.74) is 1.63. The molecule has 0 bridgehead atoms. The number of hydrogen-bond donors (Lipinski definition) is 3. The molecule has 0 fully saturated rings. The van der Waals surface area contributed by atoms with Crippen molar-refractivity contribution in [1.29, 1.82) is 0 Å². The van der Waals surface area contributed by atoms with Gasteiger partial charge in [-0.05, 0) is 68.5 Å². The van der Waals surface area contributed by atoms with Crippen LogP contribution in [0, 0.1) is 19.7 Å². The predicted octanol–water partition coefficient (Wildman–Crippen LogP) is 4.50. The summed E-state index contributed by atoms with van der Waals surface area (Å²) in [4.78, 5) is 8.25. The lowest BCUT2D eigenvalue weighted by atomic mass is 10.3. The molecule has 30 heavy (non-hydrogen) atoms. The van der Waals surface area contributed by atoms with Crippen LogP contribution in [0.25, 0.3) is 0 Å². The molecule has 3 N–H and O–H groups in total. The maximum absolute atomic E-state index is 13.5. The third-order valence-electron chi connectivity index (χ3n) is 3.80. The molecule has 0 saturated carbocycles. The van der Waals surface area contributed by atoms with Crippen molar-refractivity contribution < 1.29 is 12.8 Å². The van der Waals surface area contributed by atoms with Crippen molar-refractivity contribution in [3.8, 4) is 0 Å². The number of thiocarbonyl (C=S) groups is 1. The van der Waals surface area contributed by atoms with Crippen molar-refractivity contribution in [2.24, 2.45) is 0 Å². The van der Waals surface area contributed by atoms with Crippen molar-refractivity contribution in [2.45, 2.75) is 18.7 Å². The van der Waals surface area contributed by atoms with Gasteiger partial charge >= 0.3 is 0 Å². The third-order valence-corrected chi connectivity index (χ3v) is 5.69. The van der Waals surface area contributed by atoms with E-state index < -0.39 is 15.8 Å². The highest BCUT2D eigenvalue weighted by molar-refractivity contribution is 7.92. The Kier molecular flexibility index (Phi) is 6.49. The Labute approximate surface area is 183 Å². The minimum absolute atomic E-state index is 0.0112. The lowest BCUT2D eigenvalue weighted by Crippen LogP contribution is -2.19. The Morgan fingerprint density at radius 3 is 2.27 bits per heavy atom. The molecule has 0 spiro atoms. The molecule has 0 aliphatic carbocycles. The number of aryl methyl sites for hydroxylation is 2. The standard InChI is InChI=1S/C19H17ClFN5O2S2/c1-11-9-18(23-12(2)22-11)26-30(27,28)15-6-3-13(4-7-15)24-19(29)25-14-5-8-16(20)17(21)10-14/h3-10H,1-2H3,(H,22,23,26)(H2,24,25,29). The van der Waals surface area contributed by atoms with Gasteiger partial charge < -0.3 is 10.6 Å². The maximum Gasteiger partial charge on any atom is 0.263 e. The summed E-state index contributed by atoms with van der Waals surface area (Å²) >= 11 is 10.8. The van der Waals surface area contributed by atoms with Gasteiger partial charge in [0.25, 0.3) is 10.0 Å². The molecule has 2 aromatic carbocycles. The number of benzene rings is 2. The van der Waals surface area contributed by atoms with Gasteiger partial charge in [0.2, 0.25) is 0 Å². The molecular weight excluding hydrogens is 449 g/mol. The minimum Gasteiger partial charge on any atom is -0.332 e. The number of nitrogens with zero attached hydrogens (tertiary/aromatic N) is 2. The zero-order chi connectivity index (χ0) is 21.9. The van der Waals surface area contributed by atoms with Gasteiger partial charge in [-0.3, -0.25) is 4.72 Å². The maximum atomic E-state index is 13.5. The second-order valence-electron chi connectivity index (χ2n) is 6.28. The van der Waals surface area contributed by atoms with Gasteiger partial charge in [0.05, 0.1) is 9.92 Å². The van der Waals surface area contributed by atoms with Gasteiger partial charge in [-0.1, -0.05) is 11.6 Å². The molecule has 0 amide bonds. The first-order valence-corrected chi connectivity index (χ1v) is 10.9. The van der Waals surface area contributed by atoms with Crippen LogP contribution in [0.5, 0.6) is 0 Å². The third kappa shape index (κ3) is 5.62. The van der Waals surface area contributed by atoms with E-state index in [2.05, 4.69) is 25.3 Å². The number of aromatic nitrogens is 2. The van der Waals surface area contributed by atoms with Crippen molar-refractivity contribution in [1.82, 2.24) is 9.97 Å². The van der Waals surface area contributed by atoms with Crippen LogP contribution in [0.15, 0.2) is 53.4 Å². The Bertz CT molecular complexity index is 1180. The summed E-state index contributed by atoms with van der Waals surface area (Å²) in [6, 6.07) is 11.7. The quantitative estimate of drug-likeness (QED) is 0.477. The number of sulfonamides is 1. The van der Waals surface area contributed by atoms with Crippen LogP contribution < -0.4 is 15.4 Å². The van der Waals surface area contributed by atoms with Crippen LogP contribution in [0.4, 0.5) is 21.6 Å². The molecule has 7 nitrogen and oxygen atoms in total. The van der Waals surface area contributed by atoms with E-state index in [1.807, 2.05) is 0 Å². The van der Waals surface area contributed by atoms with E-state index in [1.54, 1.807) is 38.1 Å². The van der Waals surface area contributed by atoms with Gasteiger partial charge in [-0.2, -0.15) is 0 Å². The molecule has 0 saturated heterocycles. The van der Waals surface area contributed by atoms with E-state index in [4.69, 9.17) is 23.8 Å². The first-order valence-electron chi connectivity index (χ1n) is 8.60. The summed E-state index contributed by atoms with van der Waals surface area (Å²) in [6.45, 7) is 3.43. The lowest BCUT2D eigenvalue weighted by molar-refractivity contribution is 0.601. The van der Waals surface area contributed by atoms with Gasteiger partial charge in [-0.15, -0.1) is 0 Å². The van der Waals surface area contributed by atoms with E-state index in [0.717, 1.165) is 0 Å². The summed E-state index contributed by atoms with van der Waals surface area (Å²) in [6.07, 6.45) is 0. The smallest absolute Gasteiger partial charge is 0.263 e. The highest BCUT2D eigenvalue weighted by Crippen LogP contribution is 2.20. The molecular formula is C19H17ClFN5O2S2. The first kappa shape index (κ1) is 21.9. The monoisotopic (exact) mass is 465 g/mol. The SMILES string of the molecule is Cc1cc(NS(=O)(=O)c2ccc(NC(=S)Nc3ccc(Cl)c(F)c3)cc2)nc(C)n1. The van der Waals surface area contributed by atoms with Crippen molar-refractivity contribution in [3.05, 3.63) is 70.9 Å². The molecule has 0 aliphatic heterocycles. The van der Waals surface area contributed by atoms with Gasteiger partial charge in [-0.25, -0.2) is 22.8 Å². The Hall–Kier alpha value is -2.82. The lowest BCUT2D eigenvalue weighted by Gasteiger charge is -2.12. The van der Waals surface area contributed by atoms with Crippen molar-refractivity contribution in [2.75, 3.05) is 15.4 Å². The van der Waals surface area contributed by atoms with Crippen LogP contribution >= 0.6 is 23.8 Å². The number of rotatable bonds is 5. The van der Waals surface area contributed by atoms with E-state index >= 15 is 0 Å². The molecule has 0 aliphatic rings. The van der Waals surface area contributed by atoms with Gasteiger partial charge in [0.15, 0.2) is 5.11 Å². The van der Waals surface area contributed by atoms with Crippen molar-refractivity contribution in [3.63, 3.8) is 0 Å². The summed E-state index contributed by atoms with van der Waals surface area (Å²) in [5, 5.41) is 5.94. The zero-order valence-electron chi connectivity index (χ0n) is 15.9. The van der Waals surface area contributed by atoms with Crippen LogP contribution in [-0.2, 0) is 10.0 Å². The average molecular weight is 466 g/mol. The molecule has 3 rings (SSSR count). The Morgan fingerprint density at radius 1 is 1.00 bits per heavy atom. The summed E-state index contributed by atoms with van der Waals surface area (Å²) in [5.74, 6) is 0.0946. The molecule has 0 unspecified atom stereocenters. The number of nitrogens with one attached hydrogen (secondary N) is 3. The van der Waals surface area contributed by atoms with E-state index in [-0.39, 0.29) is 20.8 Å². The number of hydrogen-bond acceptors (Lipinski definition) is 5. The average Bonchev–Trinajstić information content (AvgIpc) is 2.64. The second-order valence-corrected chi connectivity index (χ2v) is 8.78. The Balaban J connectivity index is 1.67. The Morgan fingerprint density at radius 2 is 1.63 bits per heavy atom.